The molecule has 3 nitrogen and oxygen atoms in total. The molecule has 2 N–H and O–H groups in total. The fraction of sp³-hybridized carbons (Fsp3) is 0.500. The summed E-state index contributed by atoms with van der Waals surface area (Å²) < 4.78 is 13.8. The predicted octanol–water partition coefficient (Wildman–Crippen LogP) is 2.42. The van der Waals surface area contributed by atoms with Crippen LogP contribution in [0.5, 0.6) is 0 Å². The Morgan fingerprint density at radius 2 is 2.17 bits per heavy atom. The Labute approximate surface area is 107 Å². The molecule has 0 aliphatic heterocycles. The first kappa shape index (κ1) is 14.6. The van der Waals surface area contributed by atoms with E-state index in [9.17, 15) is 9.18 Å². The summed E-state index contributed by atoms with van der Waals surface area (Å²) in [4.78, 5) is 12.0. The quantitative estimate of drug-likeness (QED) is 0.846. The van der Waals surface area contributed by atoms with E-state index in [-0.39, 0.29) is 12.2 Å². The highest BCUT2D eigenvalue weighted by Gasteiger charge is 2.25. The number of hydrogen-bond acceptors (Lipinski definition) is 2. The number of benzene rings is 1. The number of nitrogens with one attached hydrogen (secondary N) is 1. The predicted molar refractivity (Wildman–Crippen MR) is 69.0 cm³/mol. The summed E-state index contributed by atoms with van der Waals surface area (Å²) in [6.07, 6.45) is 1.12. The van der Waals surface area contributed by atoms with Crippen LogP contribution in [0.3, 0.4) is 0 Å². The maximum atomic E-state index is 13.8. The molecule has 0 unspecified atom stereocenters. The molecule has 1 aromatic rings. The van der Waals surface area contributed by atoms with E-state index in [1.165, 1.54) is 6.07 Å². The van der Waals surface area contributed by atoms with Gasteiger partial charge in [0.05, 0.1) is 5.56 Å². The van der Waals surface area contributed by atoms with Gasteiger partial charge in [0.15, 0.2) is 0 Å². The second-order valence-electron chi connectivity index (χ2n) is 4.78. The molecule has 0 saturated heterocycles. The molecular formula is C14H20FNO2. The number of amides is 1. The minimum absolute atomic E-state index is 0.0130. The summed E-state index contributed by atoms with van der Waals surface area (Å²) in [6.45, 7) is 5.37. The van der Waals surface area contributed by atoms with Gasteiger partial charge in [-0.15, -0.1) is 0 Å². The molecule has 1 amide bonds. The highest BCUT2D eigenvalue weighted by atomic mass is 19.1. The molecule has 4 heteroatoms. The third-order valence-corrected chi connectivity index (χ3v) is 3.30. The number of aliphatic hydroxyl groups is 1. The standard InChI is InChI=1S/C14H20FNO2/c1-4-14(3,8-9-17)16-13(18)11-7-5-6-10(2)12(11)15/h5-7,17H,4,8-9H2,1-3H3,(H,16,18)/t14-/m0/s1. The molecule has 1 rings (SSSR count). The Bertz CT molecular complexity index is 434. The van der Waals surface area contributed by atoms with Crippen molar-refractivity contribution >= 4 is 5.91 Å². The highest BCUT2D eigenvalue weighted by Crippen LogP contribution is 2.17. The lowest BCUT2D eigenvalue weighted by Crippen LogP contribution is -2.46. The minimum Gasteiger partial charge on any atom is -0.396 e. The maximum Gasteiger partial charge on any atom is 0.254 e. The summed E-state index contributed by atoms with van der Waals surface area (Å²) in [5.74, 6) is -0.925. The Kier molecular flexibility index (Phi) is 4.84. The van der Waals surface area contributed by atoms with Crippen LogP contribution in [0.4, 0.5) is 4.39 Å². The van der Waals surface area contributed by atoms with Gasteiger partial charge < -0.3 is 10.4 Å². The molecule has 1 aromatic carbocycles. The molecule has 0 heterocycles. The van der Waals surface area contributed by atoms with Crippen LogP contribution in [0.25, 0.3) is 0 Å². The van der Waals surface area contributed by atoms with E-state index in [1.807, 2.05) is 13.8 Å². The first-order valence-electron chi connectivity index (χ1n) is 6.12. The molecular weight excluding hydrogens is 233 g/mol. The first-order valence-corrected chi connectivity index (χ1v) is 6.12. The van der Waals surface area contributed by atoms with Crippen LogP contribution in [0, 0.1) is 12.7 Å². The zero-order valence-corrected chi connectivity index (χ0v) is 11.1. The number of aryl methyl sites for hydroxylation is 1. The van der Waals surface area contributed by atoms with Crippen LogP contribution in [0.1, 0.15) is 42.6 Å². The van der Waals surface area contributed by atoms with Crippen LogP contribution in [0.2, 0.25) is 0 Å². The van der Waals surface area contributed by atoms with Crippen molar-refractivity contribution in [3.8, 4) is 0 Å². The molecule has 100 valence electrons. The van der Waals surface area contributed by atoms with Crippen LogP contribution in [-0.2, 0) is 0 Å². The van der Waals surface area contributed by atoms with Crippen molar-refractivity contribution in [1.82, 2.24) is 5.32 Å². The van der Waals surface area contributed by atoms with E-state index in [2.05, 4.69) is 5.32 Å². The lowest BCUT2D eigenvalue weighted by Gasteiger charge is -2.29. The van der Waals surface area contributed by atoms with Crippen molar-refractivity contribution in [2.45, 2.75) is 39.2 Å². The SMILES string of the molecule is CC[C@@](C)(CCO)NC(=O)c1cccc(C)c1F. The van der Waals surface area contributed by atoms with Crippen LogP contribution >= 0.6 is 0 Å². The van der Waals surface area contributed by atoms with E-state index < -0.39 is 17.3 Å². The van der Waals surface area contributed by atoms with Crippen LogP contribution in [0.15, 0.2) is 18.2 Å². The summed E-state index contributed by atoms with van der Waals surface area (Å²) in [7, 11) is 0. The zero-order valence-electron chi connectivity index (χ0n) is 11.1. The molecule has 0 aromatic heterocycles. The molecule has 0 spiro atoms. The Balaban J connectivity index is 2.91. The smallest absolute Gasteiger partial charge is 0.254 e. The lowest BCUT2D eigenvalue weighted by molar-refractivity contribution is 0.0882. The third-order valence-electron chi connectivity index (χ3n) is 3.30. The van der Waals surface area contributed by atoms with Crippen molar-refractivity contribution in [2.24, 2.45) is 0 Å². The van der Waals surface area contributed by atoms with Gasteiger partial charge >= 0.3 is 0 Å². The van der Waals surface area contributed by atoms with Crippen molar-refractivity contribution in [3.05, 3.63) is 35.1 Å². The lowest BCUT2D eigenvalue weighted by atomic mass is 9.94. The largest absolute Gasteiger partial charge is 0.396 e. The van der Waals surface area contributed by atoms with Gasteiger partial charge in [-0.25, -0.2) is 4.39 Å². The fourth-order valence-electron chi connectivity index (χ4n) is 1.74. The van der Waals surface area contributed by atoms with E-state index in [1.54, 1.807) is 19.1 Å². The van der Waals surface area contributed by atoms with E-state index >= 15 is 0 Å². The molecule has 18 heavy (non-hydrogen) atoms. The topological polar surface area (TPSA) is 49.3 Å². The van der Waals surface area contributed by atoms with Gasteiger partial charge in [0.1, 0.15) is 5.82 Å². The normalized spacial score (nSPS) is 14.1. The molecule has 0 aliphatic rings. The molecule has 0 bridgehead atoms. The van der Waals surface area contributed by atoms with Crippen LogP contribution in [-0.4, -0.2) is 23.2 Å². The first-order chi connectivity index (χ1) is 8.43. The average Bonchev–Trinajstić information content (AvgIpc) is 2.32. The summed E-state index contributed by atoms with van der Waals surface area (Å²) in [5, 5.41) is 11.8. The van der Waals surface area contributed by atoms with E-state index in [4.69, 9.17) is 5.11 Å². The second-order valence-corrected chi connectivity index (χ2v) is 4.78. The van der Waals surface area contributed by atoms with Gasteiger partial charge in [-0.05, 0) is 38.3 Å². The monoisotopic (exact) mass is 253 g/mol. The molecule has 0 saturated carbocycles. The number of carbonyl (C=O) groups excluding carboxylic acids is 1. The van der Waals surface area contributed by atoms with Gasteiger partial charge in [0.25, 0.3) is 5.91 Å². The summed E-state index contributed by atoms with van der Waals surface area (Å²) in [6, 6.07) is 4.74. The fourth-order valence-corrected chi connectivity index (χ4v) is 1.74. The highest BCUT2D eigenvalue weighted by molar-refractivity contribution is 5.95. The number of aliphatic hydroxyl groups excluding tert-OH is 1. The second kappa shape index (κ2) is 5.96. The molecule has 1 atom stereocenters. The van der Waals surface area contributed by atoms with E-state index in [0.717, 1.165) is 0 Å². The maximum absolute atomic E-state index is 13.8. The van der Waals surface area contributed by atoms with Gasteiger partial charge in [-0.2, -0.15) is 0 Å². The minimum atomic E-state index is -0.512. The van der Waals surface area contributed by atoms with E-state index in [0.29, 0.717) is 18.4 Å². The van der Waals surface area contributed by atoms with Crippen molar-refractivity contribution in [3.63, 3.8) is 0 Å². The van der Waals surface area contributed by atoms with Gasteiger partial charge in [0.2, 0.25) is 0 Å². The Morgan fingerprint density at radius 1 is 1.50 bits per heavy atom. The summed E-state index contributed by atoms with van der Waals surface area (Å²) >= 11 is 0. The number of carbonyl (C=O) groups is 1. The van der Waals surface area contributed by atoms with Gasteiger partial charge in [-0.3, -0.25) is 4.79 Å². The van der Waals surface area contributed by atoms with Gasteiger partial charge in [-0.1, -0.05) is 19.1 Å². The zero-order chi connectivity index (χ0) is 13.8. The third kappa shape index (κ3) is 3.29. The van der Waals surface area contributed by atoms with Crippen molar-refractivity contribution in [2.75, 3.05) is 6.61 Å². The molecule has 0 aliphatic carbocycles. The van der Waals surface area contributed by atoms with Crippen LogP contribution < -0.4 is 5.32 Å². The van der Waals surface area contributed by atoms with Crippen molar-refractivity contribution in [1.29, 1.82) is 0 Å². The Morgan fingerprint density at radius 3 is 2.72 bits per heavy atom. The number of rotatable bonds is 5. The van der Waals surface area contributed by atoms with Gasteiger partial charge in [0, 0.05) is 12.1 Å². The van der Waals surface area contributed by atoms with Crippen molar-refractivity contribution < 1.29 is 14.3 Å². The summed E-state index contributed by atoms with van der Waals surface area (Å²) in [5.41, 5.74) is -0.0159. The number of halogens is 1. The number of hydrogen-bond donors (Lipinski definition) is 2. The average molecular weight is 253 g/mol. The Hall–Kier alpha value is -1.42. The molecule has 0 fully saturated rings. The molecule has 0 radical (unpaired) electrons.